The second-order valence-electron chi connectivity index (χ2n) is 4.80. The highest BCUT2D eigenvalue weighted by Gasteiger charge is 2.31. The summed E-state index contributed by atoms with van der Waals surface area (Å²) in [4.78, 5) is 10.5. The fourth-order valence-corrected chi connectivity index (χ4v) is 2.68. The van der Waals surface area contributed by atoms with Gasteiger partial charge < -0.3 is 0 Å². The first-order chi connectivity index (χ1) is 6.83. The van der Waals surface area contributed by atoms with E-state index in [0.717, 1.165) is 0 Å². The van der Waals surface area contributed by atoms with Crippen LogP contribution in [-0.4, -0.2) is 6.54 Å². The molecule has 14 heavy (non-hydrogen) atoms. The van der Waals surface area contributed by atoms with Crippen molar-refractivity contribution in [3.05, 3.63) is 4.91 Å². The van der Waals surface area contributed by atoms with Crippen LogP contribution in [0.3, 0.4) is 0 Å². The summed E-state index contributed by atoms with van der Waals surface area (Å²) in [5, 5.41) is 3.16. The minimum Gasteiger partial charge on any atom is -0.151 e. The minimum atomic E-state index is 0.301. The molecule has 0 aromatic carbocycles. The van der Waals surface area contributed by atoms with Gasteiger partial charge in [0.25, 0.3) is 0 Å². The Balaban J connectivity index is 2.38. The van der Waals surface area contributed by atoms with Gasteiger partial charge in [-0.2, -0.15) is 4.91 Å². The van der Waals surface area contributed by atoms with Crippen molar-refractivity contribution in [3.8, 4) is 0 Å². The third kappa shape index (κ3) is 3.39. The fraction of sp³-hybridized carbons (Fsp3) is 1.00. The predicted octanol–water partition coefficient (Wildman–Crippen LogP) is 4.28. The van der Waals surface area contributed by atoms with Gasteiger partial charge in [-0.05, 0) is 24.7 Å². The number of rotatable bonds is 6. The van der Waals surface area contributed by atoms with Crippen molar-refractivity contribution < 1.29 is 0 Å². The molecule has 2 heteroatoms. The van der Waals surface area contributed by atoms with Gasteiger partial charge in [0.15, 0.2) is 0 Å². The molecular formula is C12H23NO. The quantitative estimate of drug-likeness (QED) is 0.461. The summed E-state index contributed by atoms with van der Waals surface area (Å²) in [6, 6.07) is 0. The standard InChI is InChI=1S/C12H23NO/c1-2-3-5-8-12(11-13-14)9-6-4-7-10-12/h2-11H2,1H3. The van der Waals surface area contributed by atoms with Crippen LogP contribution in [-0.2, 0) is 0 Å². The molecule has 0 heterocycles. The summed E-state index contributed by atoms with van der Waals surface area (Å²) in [7, 11) is 0. The third-order valence-corrected chi connectivity index (χ3v) is 3.62. The Morgan fingerprint density at radius 3 is 2.43 bits per heavy atom. The zero-order valence-electron chi connectivity index (χ0n) is 9.43. The molecule has 0 spiro atoms. The van der Waals surface area contributed by atoms with E-state index in [0.29, 0.717) is 12.0 Å². The SMILES string of the molecule is CCCCCC1(CN=O)CCCCC1. The van der Waals surface area contributed by atoms with E-state index in [4.69, 9.17) is 0 Å². The van der Waals surface area contributed by atoms with Gasteiger partial charge in [0, 0.05) is 0 Å². The lowest BCUT2D eigenvalue weighted by Gasteiger charge is -2.35. The van der Waals surface area contributed by atoms with Crippen molar-refractivity contribution in [1.29, 1.82) is 0 Å². The van der Waals surface area contributed by atoms with Crippen LogP contribution in [0.25, 0.3) is 0 Å². The van der Waals surface area contributed by atoms with E-state index in [1.165, 1.54) is 57.8 Å². The number of nitroso groups, excluding NO2 is 1. The highest BCUT2D eigenvalue weighted by molar-refractivity contribution is 4.84. The van der Waals surface area contributed by atoms with Crippen LogP contribution >= 0.6 is 0 Å². The second-order valence-corrected chi connectivity index (χ2v) is 4.80. The molecule has 0 aromatic heterocycles. The normalized spacial score (nSPS) is 20.6. The topological polar surface area (TPSA) is 29.4 Å². The molecule has 1 aliphatic carbocycles. The highest BCUT2D eigenvalue weighted by Crippen LogP contribution is 2.40. The summed E-state index contributed by atoms with van der Waals surface area (Å²) >= 11 is 0. The molecule has 0 atom stereocenters. The lowest BCUT2D eigenvalue weighted by Crippen LogP contribution is -2.27. The van der Waals surface area contributed by atoms with E-state index < -0.39 is 0 Å². The van der Waals surface area contributed by atoms with Gasteiger partial charge in [-0.1, -0.05) is 50.6 Å². The Labute approximate surface area is 87.4 Å². The Morgan fingerprint density at radius 2 is 1.86 bits per heavy atom. The van der Waals surface area contributed by atoms with E-state index in [2.05, 4.69) is 12.1 Å². The van der Waals surface area contributed by atoms with Gasteiger partial charge in [-0.15, -0.1) is 0 Å². The number of hydrogen-bond acceptors (Lipinski definition) is 2. The molecule has 1 fully saturated rings. The van der Waals surface area contributed by atoms with E-state index in [1.807, 2.05) is 0 Å². The van der Waals surface area contributed by atoms with Gasteiger partial charge in [0.1, 0.15) is 0 Å². The van der Waals surface area contributed by atoms with E-state index in [9.17, 15) is 4.91 Å². The van der Waals surface area contributed by atoms with E-state index >= 15 is 0 Å². The molecule has 0 unspecified atom stereocenters. The summed E-state index contributed by atoms with van der Waals surface area (Å²) < 4.78 is 0. The van der Waals surface area contributed by atoms with Crippen LogP contribution < -0.4 is 0 Å². The van der Waals surface area contributed by atoms with Crippen molar-refractivity contribution in [2.24, 2.45) is 10.6 Å². The number of nitrogens with zero attached hydrogens (tertiary/aromatic N) is 1. The van der Waals surface area contributed by atoms with Crippen molar-refractivity contribution in [1.82, 2.24) is 0 Å². The lowest BCUT2D eigenvalue weighted by atomic mass is 9.71. The molecule has 2 nitrogen and oxygen atoms in total. The highest BCUT2D eigenvalue weighted by atomic mass is 16.3. The Kier molecular flexibility index (Phi) is 5.13. The molecule has 0 bridgehead atoms. The van der Waals surface area contributed by atoms with Crippen LogP contribution in [0.1, 0.15) is 64.7 Å². The maximum atomic E-state index is 10.5. The van der Waals surface area contributed by atoms with Gasteiger partial charge in [0.05, 0.1) is 6.54 Å². The molecule has 0 saturated heterocycles. The molecule has 0 N–H and O–H groups in total. The number of hydrogen-bond donors (Lipinski definition) is 0. The zero-order chi connectivity index (χ0) is 10.3. The average Bonchev–Trinajstić information content (AvgIpc) is 2.20. The van der Waals surface area contributed by atoms with Gasteiger partial charge in [0.2, 0.25) is 0 Å². The van der Waals surface area contributed by atoms with E-state index in [-0.39, 0.29) is 0 Å². The van der Waals surface area contributed by atoms with Gasteiger partial charge >= 0.3 is 0 Å². The maximum Gasteiger partial charge on any atom is 0.0867 e. The minimum absolute atomic E-state index is 0.301. The van der Waals surface area contributed by atoms with Crippen LogP contribution in [0.4, 0.5) is 0 Å². The fourth-order valence-electron chi connectivity index (χ4n) is 2.68. The summed E-state index contributed by atoms with van der Waals surface area (Å²) in [5.41, 5.74) is 0.301. The van der Waals surface area contributed by atoms with Crippen LogP contribution in [0, 0.1) is 10.3 Å². The van der Waals surface area contributed by atoms with Crippen molar-refractivity contribution in [3.63, 3.8) is 0 Å². The molecule has 1 aliphatic rings. The molecule has 1 rings (SSSR count). The van der Waals surface area contributed by atoms with E-state index in [1.54, 1.807) is 0 Å². The zero-order valence-corrected chi connectivity index (χ0v) is 9.43. The van der Waals surface area contributed by atoms with Crippen molar-refractivity contribution in [2.45, 2.75) is 64.7 Å². The Hall–Kier alpha value is -0.400. The second kappa shape index (κ2) is 6.15. The van der Waals surface area contributed by atoms with Crippen LogP contribution in [0.2, 0.25) is 0 Å². The smallest absolute Gasteiger partial charge is 0.0867 e. The largest absolute Gasteiger partial charge is 0.151 e. The monoisotopic (exact) mass is 197 g/mol. The molecule has 82 valence electrons. The first-order valence-electron chi connectivity index (χ1n) is 6.12. The van der Waals surface area contributed by atoms with Crippen LogP contribution in [0.15, 0.2) is 5.18 Å². The Bertz CT molecular complexity index is 162. The molecule has 0 radical (unpaired) electrons. The van der Waals surface area contributed by atoms with Crippen LogP contribution in [0.5, 0.6) is 0 Å². The van der Waals surface area contributed by atoms with Crippen molar-refractivity contribution in [2.75, 3.05) is 6.54 Å². The summed E-state index contributed by atoms with van der Waals surface area (Å²) in [6.45, 7) is 2.79. The van der Waals surface area contributed by atoms with Gasteiger partial charge in [-0.3, -0.25) is 0 Å². The number of unbranched alkanes of at least 4 members (excludes halogenated alkanes) is 2. The average molecular weight is 197 g/mol. The molecule has 1 saturated carbocycles. The molecule has 0 aromatic rings. The summed E-state index contributed by atoms with van der Waals surface area (Å²) in [6.07, 6.45) is 11.5. The van der Waals surface area contributed by atoms with Crippen molar-refractivity contribution >= 4 is 0 Å². The lowest BCUT2D eigenvalue weighted by molar-refractivity contribution is 0.177. The molecule has 0 amide bonds. The first-order valence-corrected chi connectivity index (χ1v) is 6.12. The first kappa shape index (κ1) is 11.7. The van der Waals surface area contributed by atoms with Gasteiger partial charge in [-0.25, -0.2) is 0 Å². The Morgan fingerprint density at radius 1 is 1.14 bits per heavy atom. The molecular weight excluding hydrogens is 174 g/mol. The summed E-state index contributed by atoms with van der Waals surface area (Å²) in [5.74, 6) is 0. The maximum absolute atomic E-state index is 10.5. The molecule has 0 aliphatic heterocycles. The third-order valence-electron chi connectivity index (χ3n) is 3.62. The predicted molar refractivity (Wildman–Crippen MR) is 60.3 cm³/mol.